The number of hydrogen-bond donors (Lipinski definition) is 1. The summed E-state index contributed by atoms with van der Waals surface area (Å²) in [5.74, 6) is 0.994. The fourth-order valence-corrected chi connectivity index (χ4v) is 3.65. The fraction of sp³-hybridized carbons (Fsp3) is 0.250. The Balaban J connectivity index is 2.13. The van der Waals surface area contributed by atoms with Gasteiger partial charge in [-0.1, -0.05) is 29.8 Å². The summed E-state index contributed by atoms with van der Waals surface area (Å²) < 4.78 is 7.06. The first-order valence-corrected chi connectivity index (χ1v) is 8.03. The van der Waals surface area contributed by atoms with E-state index in [1.807, 2.05) is 19.2 Å². The van der Waals surface area contributed by atoms with E-state index in [1.165, 1.54) is 14.7 Å². The highest BCUT2D eigenvalue weighted by Gasteiger charge is 2.24. The lowest BCUT2D eigenvalue weighted by atomic mass is 9.96. The van der Waals surface area contributed by atoms with Crippen LogP contribution in [0.4, 0.5) is 0 Å². The lowest BCUT2D eigenvalue weighted by Gasteiger charge is -2.21. The Morgan fingerprint density at radius 1 is 1.25 bits per heavy atom. The largest absolute Gasteiger partial charge is 0.493 e. The summed E-state index contributed by atoms with van der Waals surface area (Å²) in [6, 6.07) is 12.5. The van der Waals surface area contributed by atoms with E-state index in [-0.39, 0.29) is 6.04 Å². The van der Waals surface area contributed by atoms with E-state index in [4.69, 9.17) is 16.3 Å². The molecule has 1 aliphatic heterocycles. The van der Waals surface area contributed by atoms with Crippen LogP contribution in [0.5, 0.6) is 5.75 Å². The molecule has 0 saturated heterocycles. The van der Waals surface area contributed by atoms with Gasteiger partial charge in [0.2, 0.25) is 0 Å². The van der Waals surface area contributed by atoms with Crippen LogP contribution >= 0.6 is 34.2 Å². The number of ether oxygens (including phenoxy) is 1. The topological polar surface area (TPSA) is 21.3 Å². The summed E-state index contributed by atoms with van der Waals surface area (Å²) in [6.45, 7) is 0.741. The Hall–Kier alpha value is -0.780. The minimum Gasteiger partial charge on any atom is -0.493 e. The molecular weight excluding hydrogens is 385 g/mol. The van der Waals surface area contributed by atoms with Crippen LogP contribution in [0.15, 0.2) is 36.4 Å². The SMILES string of the molecule is CNC(c1ccccc1I)c1cc(Cl)cc2c1OCC2. The zero-order valence-electron chi connectivity index (χ0n) is 11.1. The summed E-state index contributed by atoms with van der Waals surface area (Å²) in [5, 5.41) is 4.16. The maximum Gasteiger partial charge on any atom is 0.127 e. The second kappa shape index (κ2) is 5.92. The van der Waals surface area contributed by atoms with Gasteiger partial charge in [-0.05, 0) is 59.0 Å². The third-order valence-electron chi connectivity index (χ3n) is 3.59. The molecule has 4 heteroatoms. The highest BCUT2D eigenvalue weighted by Crippen LogP contribution is 2.39. The van der Waals surface area contributed by atoms with E-state index >= 15 is 0 Å². The lowest BCUT2D eigenvalue weighted by molar-refractivity contribution is 0.351. The second-order valence-electron chi connectivity index (χ2n) is 4.82. The summed E-state index contributed by atoms with van der Waals surface area (Å²) in [5.41, 5.74) is 3.57. The highest BCUT2D eigenvalue weighted by molar-refractivity contribution is 14.1. The van der Waals surface area contributed by atoms with E-state index in [0.29, 0.717) is 0 Å². The zero-order chi connectivity index (χ0) is 14.1. The van der Waals surface area contributed by atoms with Gasteiger partial charge in [-0.25, -0.2) is 0 Å². The highest BCUT2D eigenvalue weighted by atomic mass is 127. The molecule has 1 aliphatic rings. The molecular formula is C16H15ClINO. The predicted molar refractivity (Wildman–Crippen MR) is 90.7 cm³/mol. The molecule has 3 rings (SSSR count). The molecule has 0 aliphatic carbocycles. The third kappa shape index (κ3) is 2.54. The minimum atomic E-state index is 0.0913. The maximum atomic E-state index is 6.27. The molecule has 2 aromatic carbocycles. The van der Waals surface area contributed by atoms with Gasteiger partial charge in [-0.2, -0.15) is 0 Å². The van der Waals surface area contributed by atoms with Crippen molar-refractivity contribution in [2.75, 3.05) is 13.7 Å². The molecule has 20 heavy (non-hydrogen) atoms. The Labute approximate surface area is 137 Å². The average Bonchev–Trinajstić information content (AvgIpc) is 2.89. The number of rotatable bonds is 3. The minimum absolute atomic E-state index is 0.0913. The van der Waals surface area contributed by atoms with Crippen LogP contribution in [-0.2, 0) is 6.42 Å². The molecule has 0 saturated carbocycles. The van der Waals surface area contributed by atoms with Crippen molar-refractivity contribution in [1.29, 1.82) is 0 Å². The van der Waals surface area contributed by atoms with Gasteiger partial charge in [-0.3, -0.25) is 0 Å². The molecule has 1 heterocycles. The van der Waals surface area contributed by atoms with Gasteiger partial charge in [0, 0.05) is 20.6 Å². The molecule has 2 nitrogen and oxygen atoms in total. The van der Waals surface area contributed by atoms with Crippen molar-refractivity contribution in [3.05, 3.63) is 61.7 Å². The van der Waals surface area contributed by atoms with E-state index in [0.717, 1.165) is 29.4 Å². The predicted octanol–water partition coefficient (Wildman–Crippen LogP) is 4.19. The molecule has 0 aromatic heterocycles. The summed E-state index contributed by atoms with van der Waals surface area (Å²) in [6.07, 6.45) is 0.936. The summed E-state index contributed by atoms with van der Waals surface area (Å²) in [7, 11) is 1.97. The lowest BCUT2D eigenvalue weighted by Crippen LogP contribution is -2.19. The van der Waals surface area contributed by atoms with E-state index in [1.54, 1.807) is 0 Å². The van der Waals surface area contributed by atoms with Crippen molar-refractivity contribution in [2.24, 2.45) is 0 Å². The molecule has 104 valence electrons. The van der Waals surface area contributed by atoms with Gasteiger partial charge >= 0.3 is 0 Å². The van der Waals surface area contributed by atoms with Crippen LogP contribution in [0.25, 0.3) is 0 Å². The van der Waals surface area contributed by atoms with Crippen molar-refractivity contribution < 1.29 is 4.74 Å². The first kappa shape index (κ1) is 14.2. The maximum absolute atomic E-state index is 6.27. The summed E-state index contributed by atoms with van der Waals surface area (Å²) >= 11 is 8.64. The van der Waals surface area contributed by atoms with Gasteiger partial charge < -0.3 is 10.1 Å². The first-order chi connectivity index (χ1) is 9.70. The number of hydrogen-bond acceptors (Lipinski definition) is 2. The summed E-state index contributed by atoms with van der Waals surface area (Å²) in [4.78, 5) is 0. The van der Waals surface area contributed by atoms with Gasteiger partial charge in [0.1, 0.15) is 5.75 Å². The molecule has 0 fully saturated rings. The molecule has 2 aromatic rings. The van der Waals surface area contributed by atoms with Gasteiger partial charge in [-0.15, -0.1) is 0 Å². The average molecular weight is 400 g/mol. The Morgan fingerprint density at radius 2 is 2.05 bits per heavy atom. The Morgan fingerprint density at radius 3 is 2.80 bits per heavy atom. The Kier molecular flexibility index (Phi) is 4.19. The Bertz CT molecular complexity index is 644. The van der Waals surface area contributed by atoms with Crippen LogP contribution in [0.3, 0.4) is 0 Å². The smallest absolute Gasteiger partial charge is 0.127 e. The van der Waals surface area contributed by atoms with Crippen molar-refractivity contribution in [3.8, 4) is 5.75 Å². The molecule has 0 spiro atoms. The van der Waals surface area contributed by atoms with Crippen molar-refractivity contribution in [2.45, 2.75) is 12.5 Å². The van der Waals surface area contributed by atoms with Crippen molar-refractivity contribution >= 4 is 34.2 Å². The fourth-order valence-electron chi connectivity index (χ4n) is 2.70. The van der Waals surface area contributed by atoms with E-state index < -0.39 is 0 Å². The molecule has 1 N–H and O–H groups in total. The molecule has 1 unspecified atom stereocenters. The molecule has 0 bridgehead atoms. The van der Waals surface area contributed by atoms with Gasteiger partial charge in [0.25, 0.3) is 0 Å². The van der Waals surface area contributed by atoms with E-state index in [2.05, 4.69) is 52.2 Å². The molecule has 0 amide bonds. The number of fused-ring (bicyclic) bond motifs is 1. The van der Waals surface area contributed by atoms with Gasteiger partial charge in [0.05, 0.1) is 12.6 Å². The molecule has 0 radical (unpaired) electrons. The molecule has 1 atom stereocenters. The normalized spacial score (nSPS) is 14.8. The monoisotopic (exact) mass is 399 g/mol. The quantitative estimate of drug-likeness (QED) is 0.782. The van der Waals surface area contributed by atoms with Crippen molar-refractivity contribution in [1.82, 2.24) is 5.32 Å². The second-order valence-corrected chi connectivity index (χ2v) is 6.42. The standard InChI is InChI=1S/C16H15ClINO/c1-19-15(12-4-2-3-5-14(12)18)13-9-11(17)8-10-6-7-20-16(10)13/h2-5,8-9,15,19H,6-7H2,1H3. The van der Waals surface area contributed by atoms with Crippen LogP contribution in [-0.4, -0.2) is 13.7 Å². The number of benzene rings is 2. The number of halogens is 2. The van der Waals surface area contributed by atoms with Crippen LogP contribution in [0.1, 0.15) is 22.7 Å². The van der Waals surface area contributed by atoms with Crippen LogP contribution in [0, 0.1) is 3.57 Å². The number of nitrogens with one attached hydrogen (secondary N) is 1. The first-order valence-electron chi connectivity index (χ1n) is 6.57. The van der Waals surface area contributed by atoms with E-state index in [9.17, 15) is 0 Å². The van der Waals surface area contributed by atoms with Crippen LogP contribution in [0.2, 0.25) is 5.02 Å². The van der Waals surface area contributed by atoms with Gasteiger partial charge in [0.15, 0.2) is 0 Å². The van der Waals surface area contributed by atoms with Crippen molar-refractivity contribution in [3.63, 3.8) is 0 Å². The zero-order valence-corrected chi connectivity index (χ0v) is 14.0. The third-order valence-corrected chi connectivity index (χ3v) is 4.79. The van der Waals surface area contributed by atoms with Crippen LogP contribution < -0.4 is 10.1 Å².